The van der Waals surface area contributed by atoms with Crippen LogP contribution in [0.25, 0.3) is 22.2 Å². The lowest BCUT2D eigenvalue weighted by molar-refractivity contribution is -0.127. The van der Waals surface area contributed by atoms with E-state index in [1.807, 2.05) is 6.92 Å². The quantitative estimate of drug-likeness (QED) is 0.390. The normalized spacial score (nSPS) is 30.3. The lowest BCUT2D eigenvalue weighted by Crippen LogP contribution is -2.62. The van der Waals surface area contributed by atoms with Gasteiger partial charge in [0.25, 0.3) is 0 Å². The van der Waals surface area contributed by atoms with Crippen molar-refractivity contribution in [2.45, 2.75) is 94.5 Å². The molecule has 3 aromatic rings. The van der Waals surface area contributed by atoms with E-state index in [1.54, 1.807) is 0 Å². The topological polar surface area (TPSA) is 115 Å². The van der Waals surface area contributed by atoms with Gasteiger partial charge in [-0.1, -0.05) is 0 Å². The van der Waals surface area contributed by atoms with Crippen molar-refractivity contribution in [3.63, 3.8) is 0 Å². The Morgan fingerprint density at radius 3 is 2.80 bits per heavy atom. The van der Waals surface area contributed by atoms with E-state index in [0.29, 0.717) is 25.3 Å². The van der Waals surface area contributed by atoms with Crippen molar-refractivity contribution in [1.82, 2.24) is 30.2 Å². The predicted octanol–water partition coefficient (Wildman–Crippen LogP) is 4.27. The molecule has 15 heteroatoms. The third kappa shape index (κ3) is 4.79. The SMILES string of the molecule is Cc1nc(N)cc(-c2nc3c4c(nc(OC[C@@]56CCCN5C[C@H](F)C6)nc4c2F)N2C[C@H]4CC[C@H](N4)[C@H]2[C@H](C)O3)c1CC(F)(F)F. The van der Waals surface area contributed by atoms with Crippen LogP contribution in [0.15, 0.2) is 6.07 Å². The predicted molar refractivity (Wildman–Crippen MR) is 159 cm³/mol. The van der Waals surface area contributed by atoms with Crippen LogP contribution in [0, 0.1) is 12.7 Å². The van der Waals surface area contributed by atoms with Crippen molar-refractivity contribution < 1.29 is 31.4 Å². The minimum absolute atomic E-state index is 0.0171. The molecule has 0 aromatic carbocycles. The fourth-order valence-electron chi connectivity index (χ4n) is 8.54. The van der Waals surface area contributed by atoms with Gasteiger partial charge in [-0.3, -0.25) is 4.90 Å². The summed E-state index contributed by atoms with van der Waals surface area (Å²) < 4.78 is 85.2. The van der Waals surface area contributed by atoms with E-state index in [0.717, 1.165) is 32.2 Å². The van der Waals surface area contributed by atoms with Crippen LogP contribution in [-0.4, -0.2) is 93.2 Å². The second-order valence-corrected chi connectivity index (χ2v) is 13.5. The second kappa shape index (κ2) is 10.5. The molecule has 5 aliphatic heterocycles. The number of rotatable bonds is 5. The van der Waals surface area contributed by atoms with Crippen LogP contribution in [0.5, 0.6) is 11.9 Å². The second-order valence-electron chi connectivity index (χ2n) is 13.5. The van der Waals surface area contributed by atoms with Gasteiger partial charge in [-0.15, -0.1) is 0 Å². The first-order chi connectivity index (χ1) is 21.9. The summed E-state index contributed by atoms with van der Waals surface area (Å²) in [7, 11) is 0. The Labute approximate surface area is 261 Å². The number of hydrogen-bond acceptors (Lipinski definition) is 10. The highest BCUT2D eigenvalue weighted by molar-refractivity contribution is 5.97. The number of piperazine rings is 1. The van der Waals surface area contributed by atoms with Crippen molar-refractivity contribution >= 4 is 22.5 Å². The summed E-state index contributed by atoms with van der Waals surface area (Å²) >= 11 is 0. The summed E-state index contributed by atoms with van der Waals surface area (Å²) in [5.41, 5.74) is 4.56. The highest BCUT2D eigenvalue weighted by Crippen LogP contribution is 2.46. The first-order valence-electron chi connectivity index (χ1n) is 15.8. The molecule has 0 saturated carbocycles. The molecule has 0 amide bonds. The maximum atomic E-state index is 16.9. The minimum atomic E-state index is -4.60. The molecular formula is C31H35F5N8O2. The average Bonchev–Trinajstić information content (AvgIpc) is 3.62. The number of nitrogens with two attached hydrogens (primary N) is 1. The summed E-state index contributed by atoms with van der Waals surface area (Å²) in [6.07, 6.45) is -3.45. The van der Waals surface area contributed by atoms with Gasteiger partial charge >= 0.3 is 12.2 Å². The number of fused-ring (bicyclic) bond motifs is 6. The number of pyridine rings is 2. The molecule has 6 atom stereocenters. The van der Waals surface area contributed by atoms with E-state index < -0.39 is 36.2 Å². The van der Waals surface area contributed by atoms with Gasteiger partial charge in [-0.05, 0) is 57.7 Å². The Bertz CT molecular complexity index is 1720. The fourth-order valence-corrected chi connectivity index (χ4v) is 8.54. The first kappa shape index (κ1) is 29.8. The summed E-state index contributed by atoms with van der Waals surface area (Å²) in [5, 5.41) is 3.87. The lowest BCUT2D eigenvalue weighted by atomic mass is 9.95. The van der Waals surface area contributed by atoms with E-state index in [-0.39, 0.29) is 75.9 Å². The Kier molecular flexibility index (Phi) is 6.77. The highest BCUT2D eigenvalue weighted by Gasteiger charge is 2.50. The van der Waals surface area contributed by atoms with Crippen molar-refractivity contribution in [1.29, 1.82) is 0 Å². The molecule has 0 unspecified atom stereocenters. The monoisotopic (exact) mass is 646 g/mol. The number of halogens is 5. The number of alkyl halides is 4. The Morgan fingerprint density at radius 2 is 2.00 bits per heavy atom. The fraction of sp³-hybridized carbons (Fsp3) is 0.613. The van der Waals surface area contributed by atoms with E-state index in [4.69, 9.17) is 20.2 Å². The van der Waals surface area contributed by atoms with Crippen molar-refractivity contribution in [2.75, 3.05) is 36.9 Å². The van der Waals surface area contributed by atoms with Crippen LogP contribution in [0.4, 0.5) is 33.6 Å². The first-order valence-corrected chi connectivity index (χ1v) is 15.8. The van der Waals surface area contributed by atoms with Crippen LogP contribution in [-0.2, 0) is 6.42 Å². The molecule has 46 heavy (non-hydrogen) atoms. The molecule has 4 saturated heterocycles. The largest absolute Gasteiger partial charge is 0.472 e. The zero-order chi connectivity index (χ0) is 32.1. The number of nitrogens with one attached hydrogen (secondary N) is 1. The third-order valence-corrected chi connectivity index (χ3v) is 10.4. The van der Waals surface area contributed by atoms with Gasteiger partial charge in [0.1, 0.15) is 47.1 Å². The van der Waals surface area contributed by atoms with Gasteiger partial charge < -0.3 is 25.4 Å². The smallest absolute Gasteiger partial charge is 0.393 e. The summed E-state index contributed by atoms with van der Waals surface area (Å²) in [5.74, 6) is -0.598. The highest BCUT2D eigenvalue weighted by atomic mass is 19.4. The van der Waals surface area contributed by atoms with Gasteiger partial charge in [-0.25, -0.2) is 18.7 Å². The van der Waals surface area contributed by atoms with Crippen molar-refractivity contribution in [3.8, 4) is 23.1 Å². The Balaban J connectivity index is 1.31. The summed E-state index contributed by atoms with van der Waals surface area (Å²) in [4.78, 5) is 22.1. The maximum absolute atomic E-state index is 16.9. The number of anilines is 2. The molecule has 10 nitrogen and oxygen atoms in total. The van der Waals surface area contributed by atoms with Crippen LogP contribution < -0.4 is 25.4 Å². The van der Waals surface area contributed by atoms with E-state index >= 15 is 4.39 Å². The summed E-state index contributed by atoms with van der Waals surface area (Å²) in [6.45, 7) is 5.13. The Hall–Kier alpha value is -3.59. The Morgan fingerprint density at radius 1 is 1.17 bits per heavy atom. The molecule has 3 aromatic heterocycles. The van der Waals surface area contributed by atoms with Crippen LogP contribution in [0.1, 0.15) is 50.3 Å². The molecule has 3 N–H and O–H groups in total. The molecule has 8 heterocycles. The number of aryl methyl sites for hydroxylation is 1. The zero-order valence-electron chi connectivity index (χ0n) is 25.5. The zero-order valence-corrected chi connectivity index (χ0v) is 25.5. The minimum Gasteiger partial charge on any atom is -0.472 e. The number of nitrogens with zero attached hydrogens (tertiary/aromatic N) is 6. The third-order valence-electron chi connectivity index (χ3n) is 10.4. The van der Waals surface area contributed by atoms with E-state index in [1.165, 1.54) is 13.0 Å². The van der Waals surface area contributed by atoms with Gasteiger partial charge in [0.05, 0.1) is 18.0 Å². The molecule has 0 spiro atoms. The molecule has 4 fully saturated rings. The van der Waals surface area contributed by atoms with Crippen molar-refractivity contribution in [2.24, 2.45) is 0 Å². The van der Waals surface area contributed by atoms with Crippen LogP contribution in [0.2, 0.25) is 0 Å². The molecule has 0 aliphatic carbocycles. The van der Waals surface area contributed by atoms with Gasteiger partial charge in [0.2, 0.25) is 5.88 Å². The molecule has 8 rings (SSSR count). The number of ether oxygens (including phenoxy) is 2. The number of nitrogen functional groups attached to an aromatic ring is 1. The molecule has 0 radical (unpaired) electrons. The number of aromatic nitrogens is 4. The molecule has 2 bridgehead atoms. The summed E-state index contributed by atoms with van der Waals surface area (Å²) in [6, 6.07) is 1.20. The maximum Gasteiger partial charge on any atom is 0.393 e. The van der Waals surface area contributed by atoms with Gasteiger partial charge in [0, 0.05) is 42.9 Å². The average molecular weight is 647 g/mol. The number of hydrogen-bond donors (Lipinski definition) is 2. The van der Waals surface area contributed by atoms with Crippen LogP contribution >= 0.6 is 0 Å². The van der Waals surface area contributed by atoms with Gasteiger partial charge in [0.15, 0.2) is 5.82 Å². The standard InChI is InChI=1S/C31H35F5N8O2/c1-14-19(10-31(34,35)36)18(8-21(37)38-14)24-23(33)25-22-27(42-29(41-25)45-13-30-6-3-7-43(30)11-16(32)9-30)44-12-17-4-5-20(39-17)26(44)15(2)46-28(22)40-24/h8,15-17,20,26,39H,3-7,9-13H2,1-2H3,(H2,37,38)/t15-,16+,17+,20-,26+,30-/m0/s1. The molecule has 246 valence electrons. The van der Waals surface area contributed by atoms with Crippen molar-refractivity contribution in [3.05, 3.63) is 23.1 Å². The molecular weight excluding hydrogens is 611 g/mol. The van der Waals surface area contributed by atoms with Gasteiger partial charge in [-0.2, -0.15) is 23.1 Å². The lowest BCUT2D eigenvalue weighted by Gasteiger charge is -2.42. The van der Waals surface area contributed by atoms with E-state index in [2.05, 4.69) is 30.1 Å². The molecule has 5 aliphatic rings. The van der Waals surface area contributed by atoms with E-state index in [9.17, 15) is 17.6 Å². The van der Waals surface area contributed by atoms with Crippen LogP contribution in [0.3, 0.4) is 0 Å².